The van der Waals surface area contributed by atoms with Crippen LogP contribution in [0.15, 0.2) is 24.3 Å². The molecule has 0 radical (unpaired) electrons. The summed E-state index contributed by atoms with van der Waals surface area (Å²) in [7, 11) is 1.58. The van der Waals surface area contributed by atoms with Crippen molar-refractivity contribution in [3.63, 3.8) is 0 Å². The summed E-state index contributed by atoms with van der Waals surface area (Å²) in [6, 6.07) is 7.29. The van der Waals surface area contributed by atoms with Gasteiger partial charge in [-0.3, -0.25) is 9.59 Å². The number of anilines is 2. The number of aryl methyl sites for hydroxylation is 1. The molecule has 7 nitrogen and oxygen atoms in total. The Kier molecular flexibility index (Phi) is 6.39. The van der Waals surface area contributed by atoms with Gasteiger partial charge in [0.15, 0.2) is 0 Å². The standard InChI is InChI=1S/C19H24N4O3S/c1-3-4-5-9-16-21-22-19(27-16)20-18(25)13-10-17(24)23(12-13)14-7-6-8-15(11-14)26-2/h6-8,11,13H,3-5,9-10,12H2,1-2H3,(H,20,22,25)/t13-/m0/s1. The van der Waals surface area contributed by atoms with Crippen LogP contribution < -0.4 is 15.0 Å². The molecule has 2 heterocycles. The summed E-state index contributed by atoms with van der Waals surface area (Å²) in [5, 5.41) is 12.4. The van der Waals surface area contributed by atoms with Gasteiger partial charge in [-0.05, 0) is 18.6 Å². The number of amides is 2. The first-order valence-corrected chi connectivity index (χ1v) is 10.00. The van der Waals surface area contributed by atoms with E-state index in [0.717, 1.165) is 36.4 Å². The molecule has 0 aliphatic carbocycles. The van der Waals surface area contributed by atoms with Crippen LogP contribution in [0.1, 0.15) is 37.6 Å². The Morgan fingerprint density at radius 3 is 3.00 bits per heavy atom. The lowest BCUT2D eigenvalue weighted by Crippen LogP contribution is -2.28. The van der Waals surface area contributed by atoms with Crippen molar-refractivity contribution < 1.29 is 14.3 Å². The Morgan fingerprint density at radius 1 is 1.37 bits per heavy atom. The maximum atomic E-state index is 12.6. The van der Waals surface area contributed by atoms with E-state index in [2.05, 4.69) is 22.4 Å². The first-order valence-electron chi connectivity index (χ1n) is 9.18. The molecule has 1 atom stereocenters. The van der Waals surface area contributed by atoms with Crippen molar-refractivity contribution in [2.75, 3.05) is 23.9 Å². The average molecular weight is 388 g/mol. The highest BCUT2D eigenvalue weighted by Gasteiger charge is 2.35. The van der Waals surface area contributed by atoms with Gasteiger partial charge in [0.25, 0.3) is 0 Å². The van der Waals surface area contributed by atoms with Crippen LogP contribution >= 0.6 is 11.3 Å². The van der Waals surface area contributed by atoms with E-state index >= 15 is 0 Å². The van der Waals surface area contributed by atoms with E-state index in [1.807, 2.05) is 18.2 Å². The van der Waals surface area contributed by atoms with E-state index < -0.39 is 5.92 Å². The Morgan fingerprint density at radius 2 is 2.22 bits per heavy atom. The second-order valence-corrected chi connectivity index (χ2v) is 7.62. The number of aromatic nitrogens is 2. The topological polar surface area (TPSA) is 84.4 Å². The van der Waals surface area contributed by atoms with Crippen LogP contribution in [0.2, 0.25) is 0 Å². The fourth-order valence-electron chi connectivity index (χ4n) is 3.05. The molecule has 144 valence electrons. The fraction of sp³-hybridized carbons (Fsp3) is 0.474. The number of carbonyl (C=O) groups is 2. The van der Waals surface area contributed by atoms with Gasteiger partial charge in [-0.15, -0.1) is 10.2 Å². The monoisotopic (exact) mass is 388 g/mol. The Bertz CT molecular complexity index is 808. The van der Waals surface area contributed by atoms with Gasteiger partial charge in [0.2, 0.25) is 16.9 Å². The summed E-state index contributed by atoms with van der Waals surface area (Å²) >= 11 is 1.40. The van der Waals surface area contributed by atoms with E-state index in [4.69, 9.17) is 4.74 Å². The molecule has 1 aliphatic heterocycles. The number of benzene rings is 1. The highest BCUT2D eigenvalue weighted by atomic mass is 32.1. The Hall–Kier alpha value is -2.48. The number of hydrogen-bond donors (Lipinski definition) is 1. The molecule has 0 spiro atoms. The second kappa shape index (κ2) is 8.94. The van der Waals surface area contributed by atoms with Gasteiger partial charge in [0, 0.05) is 31.1 Å². The van der Waals surface area contributed by atoms with Gasteiger partial charge in [0.05, 0.1) is 13.0 Å². The van der Waals surface area contributed by atoms with E-state index in [1.165, 1.54) is 11.3 Å². The molecular formula is C19H24N4O3S. The number of nitrogens with zero attached hydrogens (tertiary/aromatic N) is 3. The van der Waals surface area contributed by atoms with Gasteiger partial charge in [-0.2, -0.15) is 0 Å². The Balaban J connectivity index is 1.59. The van der Waals surface area contributed by atoms with Crippen LogP contribution in [0, 0.1) is 5.92 Å². The van der Waals surface area contributed by atoms with Crippen LogP contribution in [0.3, 0.4) is 0 Å². The summed E-state index contributed by atoms with van der Waals surface area (Å²) in [6.45, 7) is 2.50. The predicted octanol–water partition coefficient (Wildman–Crippen LogP) is 3.27. The first kappa shape index (κ1) is 19.3. The molecule has 0 saturated carbocycles. The van der Waals surface area contributed by atoms with Crippen LogP contribution in [-0.2, 0) is 16.0 Å². The van der Waals surface area contributed by atoms with Crippen molar-refractivity contribution >= 4 is 34.0 Å². The number of methoxy groups -OCH3 is 1. The molecular weight excluding hydrogens is 364 g/mol. The Labute approximate surface area is 162 Å². The van der Waals surface area contributed by atoms with E-state index in [0.29, 0.717) is 17.4 Å². The molecule has 1 N–H and O–H groups in total. The minimum atomic E-state index is -0.406. The summed E-state index contributed by atoms with van der Waals surface area (Å²) in [5.74, 6) is 0.0136. The van der Waals surface area contributed by atoms with Gasteiger partial charge < -0.3 is 15.0 Å². The van der Waals surface area contributed by atoms with E-state index in [1.54, 1.807) is 18.1 Å². The third-order valence-corrected chi connectivity index (χ3v) is 5.45. The molecule has 2 aromatic rings. The third kappa shape index (κ3) is 4.82. The number of ether oxygens (including phenoxy) is 1. The SMILES string of the molecule is CCCCCc1nnc(NC(=O)[C@H]2CC(=O)N(c3cccc(OC)c3)C2)s1. The smallest absolute Gasteiger partial charge is 0.231 e. The molecule has 27 heavy (non-hydrogen) atoms. The number of nitrogens with one attached hydrogen (secondary N) is 1. The normalized spacial score (nSPS) is 16.6. The number of carbonyl (C=O) groups excluding carboxylic acids is 2. The fourth-order valence-corrected chi connectivity index (χ4v) is 3.83. The van der Waals surface area contributed by atoms with Gasteiger partial charge in [-0.1, -0.05) is 37.2 Å². The lowest BCUT2D eigenvalue weighted by molar-refractivity contribution is -0.122. The van der Waals surface area contributed by atoms with Gasteiger partial charge >= 0.3 is 0 Å². The summed E-state index contributed by atoms with van der Waals surface area (Å²) in [6.07, 6.45) is 4.46. The average Bonchev–Trinajstić information content (AvgIpc) is 3.28. The highest BCUT2D eigenvalue weighted by molar-refractivity contribution is 7.15. The predicted molar refractivity (Wildman–Crippen MR) is 105 cm³/mol. The van der Waals surface area contributed by atoms with Gasteiger partial charge in [0.1, 0.15) is 10.8 Å². The molecule has 1 aromatic carbocycles. The maximum absolute atomic E-state index is 12.6. The molecule has 1 fully saturated rings. The second-order valence-electron chi connectivity index (χ2n) is 6.55. The highest BCUT2D eigenvalue weighted by Crippen LogP contribution is 2.29. The van der Waals surface area contributed by atoms with E-state index in [9.17, 15) is 9.59 Å². The maximum Gasteiger partial charge on any atom is 0.231 e. The zero-order valence-corrected chi connectivity index (χ0v) is 16.4. The van der Waals surface area contributed by atoms with Gasteiger partial charge in [-0.25, -0.2) is 0 Å². The third-order valence-electron chi connectivity index (χ3n) is 4.55. The molecule has 2 amide bonds. The molecule has 3 rings (SSSR count). The molecule has 8 heteroatoms. The quantitative estimate of drug-likeness (QED) is 0.702. The summed E-state index contributed by atoms with van der Waals surface area (Å²) in [4.78, 5) is 26.6. The number of rotatable bonds is 8. The molecule has 0 bridgehead atoms. The van der Waals surface area contributed by atoms with Crippen molar-refractivity contribution in [2.24, 2.45) is 5.92 Å². The molecule has 1 aromatic heterocycles. The summed E-state index contributed by atoms with van der Waals surface area (Å²) < 4.78 is 5.21. The molecule has 1 aliphatic rings. The summed E-state index contributed by atoms with van der Waals surface area (Å²) in [5.41, 5.74) is 0.740. The first-order chi connectivity index (χ1) is 13.1. The van der Waals surface area contributed by atoms with Crippen LogP contribution in [0.25, 0.3) is 0 Å². The largest absolute Gasteiger partial charge is 0.497 e. The minimum Gasteiger partial charge on any atom is -0.497 e. The zero-order valence-electron chi connectivity index (χ0n) is 15.6. The van der Waals surface area contributed by atoms with Crippen LogP contribution in [0.4, 0.5) is 10.8 Å². The van der Waals surface area contributed by atoms with Crippen molar-refractivity contribution in [2.45, 2.75) is 39.0 Å². The number of unbranched alkanes of at least 4 members (excludes halogenated alkanes) is 2. The molecule has 1 saturated heterocycles. The minimum absolute atomic E-state index is 0.0686. The van der Waals surface area contributed by atoms with Crippen molar-refractivity contribution in [1.29, 1.82) is 0 Å². The zero-order chi connectivity index (χ0) is 19.2. The van der Waals surface area contributed by atoms with Crippen molar-refractivity contribution in [3.8, 4) is 5.75 Å². The number of hydrogen-bond acceptors (Lipinski definition) is 6. The van der Waals surface area contributed by atoms with Crippen LogP contribution in [-0.4, -0.2) is 35.7 Å². The van der Waals surface area contributed by atoms with Crippen molar-refractivity contribution in [3.05, 3.63) is 29.3 Å². The lowest BCUT2D eigenvalue weighted by Gasteiger charge is -2.17. The lowest BCUT2D eigenvalue weighted by atomic mass is 10.1. The van der Waals surface area contributed by atoms with E-state index in [-0.39, 0.29) is 18.2 Å². The van der Waals surface area contributed by atoms with Crippen molar-refractivity contribution in [1.82, 2.24) is 10.2 Å². The molecule has 0 unspecified atom stereocenters. The van der Waals surface area contributed by atoms with Crippen LogP contribution in [0.5, 0.6) is 5.75 Å².